The molecule has 2 aromatic heterocycles. The first kappa shape index (κ1) is 12.6. The van der Waals surface area contributed by atoms with Crippen molar-refractivity contribution in [2.45, 2.75) is 19.9 Å². The molecule has 0 bridgehead atoms. The quantitative estimate of drug-likeness (QED) is 0.846. The molecule has 5 heteroatoms. The molecule has 0 saturated heterocycles. The maximum absolute atomic E-state index is 6.17. The molecule has 0 saturated carbocycles. The van der Waals surface area contributed by atoms with E-state index in [2.05, 4.69) is 27.2 Å². The average Bonchev–Trinajstić information content (AvgIpc) is 2.87. The van der Waals surface area contributed by atoms with Gasteiger partial charge in [-0.3, -0.25) is 4.68 Å². The molecule has 0 aliphatic heterocycles. The van der Waals surface area contributed by atoms with E-state index in [1.165, 1.54) is 5.56 Å². The van der Waals surface area contributed by atoms with Crippen LogP contribution in [0, 0.1) is 6.92 Å². The van der Waals surface area contributed by atoms with Crippen molar-refractivity contribution < 1.29 is 0 Å². The van der Waals surface area contributed by atoms with Crippen molar-refractivity contribution in [2.75, 3.05) is 6.54 Å². The molecule has 2 heterocycles. The van der Waals surface area contributed by atoms with Gasteiger partial charge >= 0.3 is 0 Å². The topological polar surface area (TPSA) is 29.9 Å². The van der Waals surface area contributed by atoms with Gasteiger partial charge in [-0.05, 0) is 42.3 Å². The first-order valence-corrected chi connectivity index (χ1v) is 6.90. The van der Waals surface area contributed by atoms with Crippen LogP contribution in [-0.2, 0) is 20.0 Å². The molecule has 0 spiro atoms. The van der Waals surface area contributed by atoms with Crippen LogP contribution in [-0.4, -0.2) is 16.3 Å². The number of hydrogen-bond acceptors (Lipinski definition) is 3. The van der Waals surface area contributed by atoms with Crippen LogP contribution < -0.4 is 5.32 Å². The highest BCUT2D eigenvalue weighted by Crippen LogP contribution is 2.18. The van der Waals surface area contributed by atoms with Gasteiger partial charge in [0.05, 0.1) is 16.4 Å². The Morgan fingerprint density at radius 3 is 2.94 bits per heavy atom. The number of aromatic nitrogens is 2. The van der Waals surface area contributed by atoms with Crippen LogP contribution >= 0.6 is 22.9 Å². The predicted octanol–water partition coefficient (Wildman–Crippen LogP) is 2.78. The van der Waals surface area contributed by atoms with E-state index < -0.39 is 0 Å². The molecule has 92 valence electrons. The van der Waals surface area contributed by atoms with Crippen molar-refractivity contribution >= 4 is 22.9 Å². The van der Waals surface area contributed by atoms with E-state index in [-0.39, 0.29) is 0 Å². The monoisotopic (exact) mass is 269 g/mol. The second kappa shape index (κ2) is 5.67. The summed E-state index contributed by atoms with van der Waals surface area (Å²) in [6.45, 7) is 3.65. The maximum atomic E-state index is 6.17. The number of rotatable bonds is 5. The van der Waals surface area contributed by atoms with Gasteiger partial charge in [0, 0.05) is 13.6 Å². The zero-order valence-electron chi connectivity index (χ0n) is 10.0. The molecule has 0 unspecified atom stereocenters. The second-order valence-electron chi connectivity index (χ2n) is 4.03. The predicted molar refractivity (Wildman–Crippen MR) is 72.7 cm³/mol. The van der Waals surface area contributed by atoms with Gasteiger partial charge in [0.25, 0.3) is 0 Å². The fraction of sp³-hybridized carbons (Fsp3) is 0.417. The van der Waals surface area contributed by atoms with E-state index in [0.29, 0.717) is 0 Å². The molecule has 17 heavy (non-hydrogen) atoms. The largest absolute Gasteiger partial charge is 0.311 e. The molecule has 2 aromatic rings. The third-order valence-electron chi connectivity index (χ3n) is 2.72. The number of nitrogens with one attached hydrogen (secondary N) is 1. The van der Waals surface area contributed by atoms with Crippen LogP contribution in [0.2, 0.25) is 5.02 Å². The number of hydrogen-bond donors (Lipinski definition) is 1. The lowest BCUT2D eigenvalue weighted by atomic mass is 10.2. The standard InChI is InChI=1S/C12H16ClN3S/c1-9-12(13)11(16(2)15-9)7-14-5-3-10-4-6-17-8-10/h4,6,8,14H,3,5,7H2,1-2H3. The first-order chi connectivity index (χ1) is 8.18. The van der Waals surface area contributed by atoms with Gasteiger partial charge < -0.3 is 5.32 Å². The highest BCUT2D eigenvalue weighted by Gasteiger charge is 2.09. The summed E-state index contributed by atoms with van der Waals surface area (Å²) < 4.78 is 1.84. The molecule has 0 radical (unpaired) electrons. The molecule has 0 aliphatic carbocycles. The molecule has 3 nitrogen and oxygen atoms in total. The molecular formula is C12H16ClN3S. The van der Waals surface area contributed by atoms with Gasteiger partial charge in [0.15, 0.2) is 0 Å². The van der Waals surface area contributed by atoms with E-state index in [1.807, 2.05) is 18.7 Å². The molecular weight excluding hydrogens is 254 g/mol. The second-order valence-corrected chi connectivity index (χ2v) is 5.19. The molecule has 0 aromatic carbocycles. The molecule has 0 aliphatic rings. The molecule has 1 N–H and O–H groups in total. The van der Waals surface area contributed by atoms with Gasteiger partial charge in [-0.2, -0.15) is 16.4 Å². The Morgan fingerprint density at radius 1 is 1.53 bits per heavy atom. The molecule has 0 fully saturated rings. The van der Waals surface area contributed by atoms with Crippen molar-refractivity contribution in [1.29, 1.82) is 0 Å². The summed E-state index contributed by atoms with van der Waals surface area (Å²) in [6.07, 6.45) is 1.05. The Labute approximate surface area is 110 Å². The molecule has 2 rings (SSSR count). The Hall–Kier alpha value is -0.840. The minimum atomic E-state index is 0.764. The van der Waals surface area contributed by atoms with Crippen LogP contribution in [0.1, 0.15) is 17.0 Å². The zero-order valence-corrected chi connectivity index (χ0v) is 11.6. The highest BCUT2D eigenvalue weighted by molar-refractivity contribution is 7.07. The first-order valence-electron chi connectivity index (χ1n) is 5.58. The van der Waals surface area contributed by atoms with E-state index in [4.69, 9.17) is 11.6 Å². The van der Waals surface area contributed by atoms with Gasteiger partial charge in [-0.1, -0.05) is 11.6 Å². The number of aryl methyl sites for hydroxylation is 2. The maximum Gasteiger partial charge on any atom is 0.0860 e. The number of thiophene rings is 1. The third-order valence-corrected chi connectivity index (χ3v) is 3.95. The van der Waals surface area contributed by atoms with E-state index in [0.717, 1.165) is 35.9 Å². The van der Waals surface area contributed by atoms with E-state index in [1.54, 1.807) is 11.3 Å². The van der Waals surface area contributed by atoms with Gasteiger partial charge in [-0.15, -0.1) is 0 Å². The molecule has 0 amide bonds. The van der Waals surface area contributed by atoms with Crippen molar-refractivity contribution in [3.63, 3.8) is 0 Å². The fourth-order valence-corrected chi connectivity index (χ4v) is 2.68. The minimum absolute atomic E-state index is 0.764. The lowest BCUT2D eigenvalue weighted by molar-refractivity contribution is 0.625. The van der Waals surface area contributed by atoms with Crippen LogP contribution in [0.3, 0.4) is 0 Å². The summed E-state index contributed by atoms with van der Waals surface area (Å²) in [5.74, 6) is 0. The highest BCUT2D eigenvalue weighted by atomic mass is 35.5. The summed E-state index contributed by atoms with van der Waals surface area (Å²) in [5, 5.41) is 12.7. The van der Waals surface area contributed by atoms with Crippen LogP contribution in [0.15, 0.2) is 16.8 Å². The fourth-order valence-electron chi connectivity index (χ4n) is 1.75. The Morgan fingerprint density at radius 2 is 2.35 bits per heavy atom. The van der Waals surface area contributed by atoms with Crippen molar-refractivity contribution in [3.8, 4) is 0 Å². The number of nitrogens with zero attached hydrogens (tertiary/aromatic N) is 2. The van der Waals surface area contributed by atoms with Crippen molar-refractivity contribution in [1.82, 2.24) is 15.1 Å². The summed E-state index contributed by atoms with van der Waals surface area (Å²) in [7, 11) is 1.93. The minimum Gasteiger partial charge on any atom is -0.311 e. The van der Waals surface area contributed by atoms with E-state index >= 15 is 0 Å². The summed E-state index contributed by atoms with van der Waals surface area (Å²) in [4.78, 5) is 0. The van der Waals surface area contributed by atoms with E-state index in [9.17, 15) is 0 Å². The Kier molecular flexibility index (Phi) is 4.20. The number of halogens is 1. The molecule has 0 atom stereocenters. The average molecular weight is 270 g/mol. The normalized spacial score (nSPS) is 11.0. The van der Waals surface area contributed by atoms with Crippen molar-refractivity contribution in [2.24, 2.45) is 7.05 Å². The summed E-state index contributed by atoms with van der Waals surface area (Å²) in [5.41, 5.74) is 3.33. The Balaban J connectivity index is 1.82. The van der Waals surface area contributed by atoms with Crippen LogP contribution in [0.4, 0.5) is 0 Å². The zero-order chi connectivity index (χ0) is 12.3. The van der Waals surface area contributed by atoms with Crippen molar-refractivity contribution in [3.05, 3.63) is 38.8 Å². The van der Waals surface area contributed by atoms with Gasteiger partial charge in [0.1, 0.15) is 0 Å². The lowest BCUT2D eigenvalue weighted by Gasteiger charge is -2.05. The van der Waals surface area contributed by atoms with Gasteiger partial charge in [-0.25, -0.2) is 0 Å². The Bertz CT molecular complexity index is 476. The van der Waals surface area contributed by atoms with Crippen LogP contribution in [0.5, 0.6) is 0 Å². The summed E-state index contributed by atoms with van der Waals surface area (Å²) >= 11 is 7.91. The van der Waals surface area contributed by atoms with Crippen LogP contribution in [0.25, 0.3) is 0 Å². The van der Waals surface area contributed by atoms with Gasteiger partial charge in [0.2, 0.25) is 0 Å². The third kappa shape index (κ3) is 3.09. The SMILES string of the molecule is Cc1nn(C)c(CNCCc2ccsc2)c1Cl. The lowest BCUT2D eigenvalue weighted by Crippen LogP contribution is -2.18. The smallest absolute Gasteiger partial charge is 0.0860 e. The summed E-state index contributed by atoms with van der Waals surface area (Å²) in [6, 6.07) is 2.16.